The van der Waals surface area contributed by atoms with Gasteiger partial charge in [-0.3, -0.25) is 9.59 Å². The maximum Gasteiger partial charge on any atom is 0.326 e. The summed E-state index contributed by atoms with van der Waals surface area (Å²) in [6.07, 6.45) is 2.09. The molecule has 0 aromatic carbocycles. The van der Waals surface area contributed by atoms with E-state index in [0.717, 1.165) is 12.8 Å². The number of carbonyl (C=O) groups is 3. The number of amides is 2. The highest BCUT2D eigenvalue weighted by atomic mass is 16.4. The predicted molar refractivity (Wildman–Crippen MR) is 64.1 cm³/mol. The van der Waals surface area contributed by atoms with Crippen molar-refractivity contribution in [1.29, 1.82) is 0 Å². The van der Waals surface area contributed by atoms with Gasteiger partial charge in [-0.2, -0.15) is 0 Å². The van der Waals surface area contributed by atoms with Gasteiger partial charge < -0.3 is 20.4 Å². The largest absolute Gasteiger partial charge is 0.480 e. The van der Waals surface area contributed by atoms with Gasteiger partial charge in [-0.1, -0.05) is 0 Å². The van der Waals surface area contributed by atoms with Crippen molar-refractivity contribution in [2.75, 3.05) is 13.2 Å². The van der Waals surface area contributed by atoms with E-state index >= 15 is 0 Å². The molecule has 7 heteroatoms. The van der Waals surface area contributed by atoms with Crippen molar-refractivity contribution in [3.63, 3.8) is 0 Å². The molecule has 106 valence electrons. The Morgan fingerprint density at radius 1 is 1.42 bits per heavy atom. The second-order valence-corrected chi connectivity index (χ2v) is 5.09. The Bertz CT molecular complexity index is 394. The van der Waals surface area contributed by atoms with Crippen LogP contribution in [0.2, 0.25) is 0 Å². The van der Waals surface area contributed by atoms with Crippen LogP contribution in [0.4, 0.5) is 0 Å². The molecule has 1 heterocycles. The summed E-state index contributed by atoms with van der Waals surface area (Å²) < 4.78 is 0. The lowest BCUT2D eigenvalue weighted by atomic mass is 10.1. The van der Waals surface area contributed by atoms with Crippen LogP contribution in [0.25, 0.3) is 0 Å². The van der Waals surface area contributed by atoms with Gasteiger partial charge in [-0.25, -0.2) is 4.79 Å². The molecule has 1 saturated heterocycles. The molecular formula is C12H18N2O5. The minimum atomic E-state index is -1.18. The Morgan fingerprint density at radius 3 is 2.63 bits per heavy atom. The number of nitrogens with one attached hydrogen (secondary N) is 1. The van der Waals surface area contributed by atoms with Crippen LogP contribution in [0, 0.1) is 5.92 Å². The topological polar surface area (TPSA) is 107 Å². The number of aliphatic carboxylic acids is 1. The molecule has 1 aliphatic carbocycles. The zero-order valence-corrected chi connectivity index (χ0v) is 10.5. The molecule has 1 unspecified atom stereocenters. The first kappa shape index (κ1) is 13.8. The summed E-state index contributed by atoms with van der Waals surface area (Å²) in [6, 6.07) is -0.819. The van der Waals surface area contributed by atoms with Gasteiger partial charge in [0, 0.05) is 32.0 Å². The maximum absolute atomic E-state index is 11.9. The quantitative estimate of drug-likeness (QED) is 0.571. The predicted octanol–water partition coefficient (Wildman–Crippen LogP) is -1.05. The van der Waals surface area contributed by atoms with E-state index in [0.29, 0.717) is 6.54 Å². The summed E-state index contributed by atoms with van der Waals surface area (Å²) in [5.41, 5.74) is 0. The summed E-state index contributed by atoms with van der Waals surface area (Å²) in [6.45, 7) is 0.0653. The smallest absolute Gasteiger partial charge is 0.326 e. The van der Waals surface area contributed by atoms with Crippen molar-refractivity contribution < 1.29 is 24.6 Å². The van der Waals surface area contributed by atoms with Gasteiger partial charge in [0.05, 0.1) is 5.92 Å². The number of carboxylic acids is 1. The molecule has 2 aliphatic rings. The Kier molecular flexibility index (Phi) is 4.04. The second-order valence-electron chi connectivity index (χ2n) is 5.09. The van der Waals surface area contributed by atoms with Gasteiger partial charge in [0.1, 0.15) is 6.04 Å². The molecule has 0 spiro atoms. The number of carbonyl (C=O) groups excluding carboxylic acids is 2. The molecule has 2 rings (SSSR count). The molecule has 3 N–H and O–H groups in total. The summed E-state index contributed by atoms with van der Waals surface area (Å²) in [5.74, 6) is -2.10. The van der Waals surface area contributed by atoms with Crippen LogP contribution in [-0.2, 0) is 14.4 Å². The number of hydrogen-bond acceptors (Lipinski definition) is 4. The lowest BCUT2D eigenvalue weighted by molar-refractivity contribution is -0.142. The zero-order chi connectivity index (χ0) is 14.0. The molecular weight excluding hydrogens is 252 g/mol. The fourth-order valence-electron chi connectivity index (χ4n) is 2.32. The molecule has 1 saturated carbocycles. The minimum Gasteiger partial charge on any atom is -0.480 e. The van der Waals surface area contributed by atoms with E-state index < -0.39 is 23.8 Å². The highest BCUT2D eigenvalue weighted by molar-refractivity contribution is 5.91. The van der Waals surface area contributed by atoms with Gasteiger partial charge in [0.25, 0.3) is 0 Å². The van der Waals surface area contributed by atoms with E-state index in [2.05, 4.69) is 5.32 Å². The molecule has 1 aliphatic heterocycles. The van der Waals surface area contributed by atoms with Crippen LogP contribution in [0.5, 0.6) is 0 Å². The fraction of sp³-hybridized carbons (Fsp3) is 0.750. The Labute approximate surface area is 110 Å². The average molecular weight is 270 g/mol. The van der Waals surface area contributed by atoms with Gasteiger partial charge in [0.15, 0.2) is 0 Å². The summed E-state index contributed by atoms with van der Waals surface area (Å²) >= 11 is 0. The van der Waals surface area contributed by atoms with Crippen LogP contribution >= 0.6 is 0 Å². The van der Waals surface area contributed by atoms with E-state index in [9.17, 15) is 14.4 Å². The zero-order valence-electron chi connectivity index (χ0n) is 10.5. The lowest BCUT2D eigenvalue weighted by Crippen LogP contribution is -2.44. The number of aliphatic hydroxyl groups is 1. The van der Waals surface area contributed by atoms with Crippen molar-refractivity contribution in [2.45, 2.75) is 37.8 Å². The van der Waals surface area contributed by atoms with Crippen molar-refractivity contribution >= 4 is 17.8 Å². The van der Waals surface area contributed by atoms with Gasteiger partial charge >= 0.3 is 5.97 Å². The third-order valence-electron chi connectivity index (χ3n) is 3.55. The highest BCUT2D eigenvalue weighted by Crippen LogP contribution is 2.32. The third-order valence-corrected chi connectivity index (χ3v) is 3.55. The molecule has 2 fully saturated rings. The Hall–Kier alpha value is -1.63. The van der Waals surface area contributed by atoms with E-state index in [4.69, 9.17) is 10.2 Å². The van der Waals surface area contributed by atoms with E-state index in [1.807, 2.05) is 0 Å². The maximum atomic E-state index is 11.9. The van der Waals surface area contributed by atoms with Gasteiger partial charge in [-0.05, 0) is 12.8 Å². The normalized spacial score (nSPS) is 24.4. The molecule has 19 heavy (non-hydrogen) atoms. The molecule has 0 bridgehead atoms. The fourth-order valence-corrected chi connectivity index (χ4v) is 2.32. The SMILES string of the molecule is O=C(N[C@H](CCO)C(=O)O)C1CC(=O)N(C2CC2)C1. The standard InChI is InChI=1S/C12H18N2O5/c15-4-3-9(12(18)19)13-11(17)7-5-10(16)14(6-7)8-1-2-8/h7-9,15H,1-6H2,(H,13,17)(H,18,19)/t7?,9-/m1/s1. The molecule has 0 aromatic rings. The Balaban J connectivity index is 1.89. The van der Waals surface area contributed by atoms with Crippen LogP contribution in [0.15, 0.2) is 0 Å². The van der Waals surface area contributed by atoms with E-state index in [-0.39, 0.29) is 31.4 Å². The number of nitrogens with zero attached hydrogens (tertiary/aromatic N) is 1. The van der Waals surface area contributed by atoms with Gasteiger partial charge in [-0.15, -0.1) is 0 Å². The van der Waals surface area contributed by atoms with E-state index in [1.54, 1.807) is 4.90 Å². The number of likely N-dealkylation sites (tertiary alicyclic amines) is 1. The van der Waals surface area contributed by atoms with Crippen molar-refractivity contribution in [1.82, 2.24) is 10.2 Å². The molecule has 2 amide bonds. The minimum absolute atomic E-state index is 0.0308. The first-order chi connectivity index (χ1) is 9.02. The molecule has 0 aromatic heterocycles. The summed E-state index contributed by atoms with van der Waals surface area (Å²) in [4.78, 5) is 36.2. The highest BCUT2D eigenvalue weighted by Gasteiger charge is 2.42. The van der Waals surface area contributed by atoms with Crippen molar-refractivity contribution in [3.8, 4) is 0 Å². The number of rotatable bonds is 6. The first-order valence-electron chi connectivity index (χ1n) is 6.46. The average Bonchev–Trinajstić information content (AvgIpc) is 3.11. The summed E-state index contributed by atoms with van der Waals surface area (Å²) in [5, 5.41) is 20.0. The first-order valence-corrected chi connectivity index (χ1v) is 6.46. The van der Waals surface area contributed by atoms with Crippen LogP contribution < -0.4 is 5.32 Å². The third kappa shape index (κ3) is 3.23. The van der Waals surface area contributed by atoms with Crippen LogP contribution in [-0.4, -0.2) is 58.1 Å². The molecule has 7 nitrogen and oxygen atoms in total. The second kappa shape index (κ2) is 5.56. The van der Waals surface area contributed by atoms with Crippen molar-refractivity contribution in [2.24, 2.45) is 5.92 Å². The van der Waals surface area contributed by atoms with Crippen LogP contribution in [0.1, 0.15) is 25.7 Å². The van der Waals surface area contributed by atoms with Gasteiger partial charge in [0.2, 0.25) is 11.8 Å². The molecule has 2 atom stereocenters. The van der Waals surface area contributed by atoms with Crippen molar-refractivity contribution in [3.05, 3.63) is 0 Å². The Morgan fingerprint density at radius 2 is 2.11 bits per heavy atom. The van der Waals surface area contributed by atoms with Crippen LogP contribution in [0.3, 0.4) is 0 Å². The lowest BCUT2D eigenvalue weighted by Gasteiger charge is -2.17. The number of aliphatic hydroxyl groups excluding tert-OH is 1. The number of carboxylic acid groups (broad SMARTS) is 1. The summed E-state index contributed by atoms with van der Waals surface area (Å²) in [7, 11) is 0. The number of hydrogen-bond donors (Lipinski definition) is 3. The van der Waals surface area contributed by atoms with E-state index in [1.165, 1.54) is 0 Å². The monoisotopic (exact) mass is 270 g/mol. The molecule has 0 radical (unpaired) electrons.